The molecule has 1 aromatic rings. The highest BCUT2D eigenvalue weighted by Gasteiger charge is 2.29. The van der Waals surface area contributed by atoms with Gasteiger partial charge in [-0.05, 0) is 6.92 Å². The third kappa shape index (κ3) is 3.24. The molecular weight excluding hydrogens is 212 g/mol. The highest BCUT2D eigenvalue weighted by molar-refractivity contribution is 7.09. The molecule has 1 aromatic heterocycles. The molecule has 0 unspecified atom stereocenters. The van der Waals surface area contributed by atoms with Gasteiger partial charge in [0, 0.05) is 30.6 Å². The Bertz CT molecular complexity index is 284. The van der Waals surface area contributed by atoms with Gasteiger partial charge in [0.05, 0.1) is 18.7 Å². The second-order valence-corrected chi connectivity index (χ2v) is 4.70. The van der Waals surface area contributed by atoms with E-state index in [1.54, 1.807) is 11.3 Å². The van der Waals surface area contributed by atoms with Gasteiger partial charge >= 0.3 is 0 Å². The molecule has 15 heavy (non-hydrogen) atoms. The minimum atomic E-state index is -0.374. The van der Waals surface area contributed by atoms with E-state index in [1.807, 2.05) is 18.6 Å². The number of hydrogen-bond acceptors (Lipinski definition) is 5. The van der Waals surface area contributed by atoms with Crippen LogP contribution in [0.3, 0.4) is 0 Å². The number of ether oxygens (including phenoxy) is 2. The first-order valence-electron chi connectivity index (χ1n) is 5.14. The van der Waals surface area contributed by atoms with E-state index in [-0.39, 0.29) is 5.79 Å². The number of aromatic nitrogens is 1. The molecule has 0 radical (unpaired) electrons. The fraction of sp³-hybridized carbons (Fsp3) is 0.700. The maximum absolute atomic E-state index is 5.51. The van der Waals surface area contributed by atoms with Gasteiger partial charge in [-0.2, -0.15) is 0 Å². The lowest BCUT2D eigenvalue weighted by molar-refractivity contribution is -0.145. The second kappa shape index (κ2) is 5.03. The quantitative estimate of drug-likeness (QED) is 0.773. The van der Waals surface area contributed by atoms with E-state index >= 15 is 0 Å². The van der Waals surface area contributed by atoms with Gasteiger partial charge in [-0.15, -0.1) is 11.3 Å². The van der Waals surface area contributed by atoms with Crippen LogP contribution in [0.4, 0.5) is 0 Å². The van der Waals surface area contributed by atoms with Crippen LogP contribution in [0.15, 0.2) is 11.7 Å². The van der Waals surface area contributed by atoms with Crippen molar-refractivity contribution in [2.45, 2.75) is 25.7 Å². The van der Waals surface area contributed by atoms with Crippen LogP contribution in [0.25, 0.3) is 0 Å². The maximum atomic E-state index is 5.51. The molecule has 1 aliphatic rings. The van der Waals surface area contributed by atoms with Crippen LogP contribution in [-0.4, -0.2) is 30.5 Å². The van der Waals surface area contributed by atoms with Crippen molar-refractivity contribution in [3.63, 3.8) is 0 Å². The van der Waals surface area contributed by atoms with Gasteiger partial charge in [0.15, 0.2) is 5.79 Å². The van der Waals surface area contributed by atoms with Crippen molar-refractivity contribution in [2.75, 3.05) is 19.8 Å². The molecule has 84 valence electrons. The molecule has 0 amide bonds. The maximum Gasteiger partial charge on any atom is 0.166 e. The number of nitrogens with one attached hydrogen (secondary N) is 1. The van der Waals surface area contributed by atoms with E-state index < -0.39 is 0 Å². The van der Waals surface area contributed by atoms with Crippen LogP contribution < -0.4 is 5.32 Å². The molecule has 1 aliphatic heterocycles. The average molecular weight is 228 g/mol. The molecule has 1 fully saturated rings. The summed E-state index contributed by atoms with van der Waals surface area (Å²) in [5.74, 6) is -0.374. The number of nitrogens with zero attached hydrogens (tertiary/aromatic N) is 1. The summed E-state index contributed by atoms with van der Waals surface area (Å²) in [6.07, 6.45) is 2.77. The van der Waals surface area contributed by atoms with E-state index in [4.69, 9.17) is 9.47 Å². The van der Waals surface area contributed by atoms with Crippen molar-refractivity contribution in [1.82, 2.24) is 10.3 Å². The molecule has 2 rings (SSSR count). The van der Waals surface area contributed by atoms with E-state index in [1.165, 1.54) is 4.88 Å². The monoisotopic (exact) mass is 228 g/mol. The predicted octanol–water partition coefficient (Wildman–Crippen LogP) is 1.39. The van der Waals surface area contributed by atoms with E-state index in [2.05, 4.69) is 10.3 Å². The zero-order valence-corrected chi connectivity index (χ0v) is 9.68. The average Bonchev–Trinajstić information content (AvgIpc) is 2.84. The summed E-state index contributed by atoms with van der Waals surface area (Å²) in [5.41, 5.74) is 1.85. The highest BCUT2D eigenvalue weighted by atomic mass is 32.1. The van der Waals surface area contributed by atoms with Gasteiger partial charge in [-0.1, -0.05) is 0 Å². The van der Waals surface area contributed by atoms with Crippen LogP contribution in [0.1, 0.15) is 18.2 Å². The molecule has 0 saturated carbocycles. The Morgan fingerprint density at radius 1 is 1.53 bits per heavy atom. The first-order valence-corrected chi connectivity index (χ1v) is 6.02. The molecule has 0 atom stereocenters. The summed E-state index contributed by atoms with van der Waals surface area (Å²) in [4.78, 5) is 5.28. The first kappa shape index (κ1) is 11.0. The summed E-state index contributed by atoms with van der Waals surface area (Å²) in [6, 6.07) is 0. The lowest BCUT2D eigenvalue weighted by Crippen LogP contribution is -2.30. The van der Waals surface area contributed by atoms with Crippen LogP contribution in [0, 0.1) is 0 Å². The smallest absolute Gasteiger partial charge is 0.166 e. The molecule has 0 aliphatic carbocycles. The fourth-order valence-electron chi connectivity index (χ4n) is 1.56. The van der Waals surface area contributed by atoms with E-state index in [0.29, 0.717) is 13.2 Å². The van der Waals surface area contributed by atoms with Gasteiger partial charge in [-0.25, -0.2) is 0 Å². The van der Waals surface area contributed by atoms with Gasteiger partial charge in [0.25, 0.3) is 0 Å². The Morgan fingerprint density at radius 2 is 2.33 bits per heavy atom. The number of thiazole rings is 1. The highest BCUT2D eigenvalue weighted by Crippen LogP contribution is 2.21. The van der Waals surface area contributed by atoms with E-state index in [0.717, 1.165) is 19.5 Å². The van der Waals surface area contributed by atoms with E-state index in [9.17, 15) is 0 Å². The summed E-state index contributed by atoms with van der Waals surface area (Å²) in [5, 5.41) is 3.35. The minimum absolute atomic E-state index is 0.374. The van der Waals surface area contributed by atoms with Gasteiger partial charge < -0.3 is 14.8 Å². The molecular formula is C10H16N2O2S. The normalized spacial score (nSPS) is 19.5. The molecule has 4 nitrogen and oxygen atoms in total. The third-order valence-corrected chi connectivity index (χ3v) is 3.22. The van der Waals surface area contributed by atoms with Crippen molar-refractivity contribution in [1.29, 1.82) is 0 Å². The fourth-order valence-corrected chi connectivity index (χ4v) is 2.12. The minimum Gasteiger partial charge on any atom is -0.348 e. The van der Waals surface area contributed by atoms with Crippen LogP contribution in [0.5, 0.6) is 0 Å². The summed E-state index contributed by atoms with van der Waals surface area (Å²) in [6.45, 7) is 5.19. The predicted molar refractivity (Wildman–Crippen MR) is 58.7 cm³/mol. The van der Waals surface area contributed by atoms with Crippen molar-refractivity contribution in [3.8, 4) is 0 Å². The standard InChI is InChI=1S/C10H16N2O2S/c1-10(13-4-5-14-10)2-3-11-6-9-7-12-8-15-9/h7-8,11H,2-6H2,1H3. The van der Waals surface area contributed by atoms with Gasteiger partial charge in [0.2, 0.25) is 0 Å². The van der Waals surface area contributed by atoms with Crippen molar-refractivity contribution in [2.24, 2.45) is 0 Å². The molecule has 0 spiro atoms. The third-order valence-electron chi connectivity index (χ3n) is 2.44. The van der Waals surface area contributed by atoms with Gasteiger partial charge in [0.1, 0.15) is 0 Å². The summed E-state index contributed by atoms with van der Waals surface area (Å²) in [7, 11) is 0. The zero-order chi connectivity index (χ0) is 10.6. The lowest BCUT2D eigenvalue weighted by Gasteiger charge is -2.22. The molecule has 1 N–H and O–H groups in total. The molecule has 5 heteroatoms. The Labute approximate surface area is 93.6 Å². The largest absolute Gasteiger partial charge is 0.348 e. The van der Waals surface area contributed by atoms with Crippen molar-refractivity contribution >= 4 is 11.3 Å². The van der Waals surface area contributed by atoms with Crippen LogP contribution in [0.2, 0.25) is 0 Å². The Kier molecular flexibility index (Phi) is 3.69. The van der Waals surface area contributed by atoms with Crippen molar-refractivity contribution < 1.29 is 9.47 Å². The lowest BCUT2D eigenvalue weighted by atomic mass is 10.2. The molecule has 1 saturated heterocycles. The van der Waals surface area contributed by atoms with Crippen LogP contribution >= 0.6 is 11.3 Å². The number of hydrogen-bond donors (Lipinski definition) is 1. The molecule has 0 bridgehead atoms. The Hall–Kier alpha value is -0.490. The zero-order valence-electron chi connectivity index (χ0n) is 8.86. The Morgan fingerprint density at radius 3 is 3.00 bits per heavy atom. The van der Waals surface area contributed by atoms with Crippen LogP contribution in [-0.2, 0) is 16.0 Å². The topological polar surface area (TPSA) is 43.4 Å². The van der Waals surface area contributed by atoms with Gasteiger partial charge in [-0.3, -0.25) is 4.98 Å². The second-order valence-electron chi connectivity index (χ2n) is 3.73. The first-order chi connectivity index (χ1) is 7.29. The summed E-state index contributed by atoms with van der Waals surface area (Å²) < 4.78 is 11.0. The SMILES string of the molecule is CC1(CCNCc2cncs2)OCCO1. The molecule has 0 aromatic carbocycles. The molecule has 2 heterocycles. The Balaban J connectivity index is 1.62. The number of rotatable bonds is 5. The summed E-state index contributed by atoms with van der Waals surface area (Å²) >= 11 is 1.67. The van der Waals surface area contributed by atoms with Crippen molar-refractivity contribution in [3.05, 3.63) is 16.6 Å².